The number of ether oxygens (including phenoxy) is 1. The molecule has 0 aliphatic heterocycles. The van der Waals surface area contributed by atoms with E-state index in [1.54, 1.807) is 0 Å². The lowest BCUT2D eigenvalue weighted by atomic mass is 10.1. The molecule has 0 unspecified atom stereocenters. The minimum Gasteiger partial charge on any atom is -0.454 e. The monoisotopic (exact) mass is 432 g/mol. The van der Waals surface area contributed by atoms with Gasteiger partial charge in [-0.3, -0.25) is 14.4 Å². The van der Waals surface area contributed by atoms with Crippen LogP contribution < -0.4 is 10.6 Å². The third-order valence-corrected chi connectivity index (χ3v) is 3.72. The predicted molar refractivity (Wildman–Crippen MR) is 94.8 cm³/mol. The molecule has 2 rings (SSSR count). The van der Waals surface area contributed by atoms with Gasteiger partial charge in [-0.2, -0.15) is 13.2 Å². The third-order valence-electron chi connectivity index (χ3n) is 3.44. The lowest BCUT2D eigenvalue weighted by Gasteiger charge is -2.09. The number of hydrogen-bond donors (Lipinski definition) is 2. The van der Waals surface area contributed by atoms with Gasteiger partial charge in [0, 0.05) is 11.3 Å². The van der Waals surface area contributed by atoms with E-state index in [4.69, 9.17) is 11.6 Å². The average molecular weight is 433 g/mol. The van der Waals surface area contributed by atoms with E-state index in [0.717, 1.165) is 30.3 Å². The van der Waals surface area contributed by atoms with Gasteiger partial charge in [-0.15, -0.1) is 0 Å². The fourth-order valence-electron chi connectivity index (χ4n) is 2.03. The Morgan fingerprint density at radius 2 is 1.69 bits per heavy atom. The highest BCUT2D eigenvalue weighted by molar-refractivity contribution is 6.31. The maximum atomic E-state index is 13.0. The van der Waals surface area contributed by atoms with E-state index < -0.39 is 48.5 Å². The molecule has 154 valence electrons. The van der Waals surface area contributed by atoms with Gasteiger partial charge in [-0.05, 0) is 42.5 Å². The van der Waals surface area contributed by atoms with E-state index >= 15 is 0 Å². The van der Waals surface area contributed by atoms with Crippen molar-refractivity contribution in [2.75, 3.05) is 18.5 Å². The van der Waals surface area contributed by atoms with Crippen molar-refractivity contribution < 1.29 is 36.7 Å². The standard InChI is InChI=1S/C18H13ClF4N2O4/c19-13-7-12(5-6-14(13)20)25-15(26)9-29-16(27)8-24-17(28)10-1-3-11(4-2-10)18(21,22)23/h1-7H,8-9H2,(H,24,28)(H,25,26). The van der Waals surface area contributed by atoms with Gasteiger partial charge in [0.2, 0.25) is 0 Å². The number of carbonyl (C=O) groups is 3. The van der Waals surface area contributed by atoms with Crippen molar-refractivity contribution in [3.8, 4) is 0 Å². The highest BCUT2D eigenvalue weighted by Gasteiger charge is 2.30. The first-order valence-corrected chi connectivity index (χ1v) is 8.30. The normalized spacial score (nSPS) is 10.9. The van der Waals surface area contributed by atoms with Crippen LogP contribution in [0.1, 0.15) is 15.9 Å². The fraction of sp³-hybridized carbons (Fsp3) is 0.167. The summed E-state index contributed by atoms with van der Waals surface area (Å²) in [5.74, 6) is -3.13. The Hall–Kier alpha value is -3.14. The van der Waals surface area contributed by atoms with E-state index in [1.165, 1.54) is 12.1 Å². The first kappa shape index (κ1) is 22.2. The molecule has 0 radical (unpaired) electrons. The van der Waals surface area contributed by atoms with Crippen LogP contribution in [0, 0.1) is 5.82 Å². The molecular formula is C18H13ClF4N2O4. The highest BCUT2D eigenvalue weighted by atomic mass is 35.5. The molecule has 29 heavy (non-hydrogen) atoms. The van der Waals surface area contributed by atoms with Crippen molar-refractivity contribution in [3.63, 3.8) is 0 Å². The summed E-state index contributed by atoms with van der Waals surface area (Å²) in [6.45, 7) is -1.28. The molecule has 0 spiro atoms. The van der Waals surface area contributed by atoms with Crippen LogP contribution >= 0.6 is 11.6 Å². The van der Waals surface area contributed by atoms with Crippen molar-refractivity contribution in [3.05, 3.63) is 64.4 Å². The Bertz CT molecular complexity index is 917. The van der Waals surface area contributed by atoms with Crippen LogP contribution in [0.15, 0.2) is 42.5 Å². The zero-order valence-electron chi connectivity index (χ0n) is 14.5. The zero-order valence-corrected chi connectivity index (χ0v) is 15.2. The van der Waals surface area contributed by atoms with Crippen molar-refractivity contribution in [2.45, 2.75) is 6.18 Å². The van der Waals surface area contributed by atoms with Gasteiger partial charge in [0.05, 0.1) is 10.6 Å². The fourth-order valence-corrected chi connectivity index (χ4v) is 2.21. The molecule has 2 amide bonds. The van der Waals surface area contributed by atoms with Gasteiger partial charge in [0.15, 0.2) is 6.61 Å². The highest BCUT2D eigenvalue weighted by Crippen LogP contribution is 2.29. The first-order valence-electron chi connectivity index (χ1n) is 7.92. The van der Waals surface area contributed by atoms with E-state index in [-0.39, 0.29) is 16.3 Å². The molecule has 2 aromatic carbocycles. The van der Waals surface area contributed by atoms with Gasteiger partial charge in [-0.25, -0.2) is 4.39 Å². The first-order chi connectivity index (χ1) is 13.6. The van der Waals surface area contributed by atoms with E-state index in [1.807, 2.05) is 0 Å². The second kappa shape index (κ2) is 9.37. The Morgan fingerprint density at radius 3 is 2.28 bits per heavy atom. The quantitative estimate of drug-likeness (QED) is 0.541. The zero-order chi connectivity index (χ0) is 21.6. The molecule has 6 nitrogen and oxygen atoms in total. The number of anilines is 1. The Balaban J connectivity index is 1.76. The van der Waals surface area contributed by atoms with Crippen LogP contribution in [-0.2, 0) is 20.5 Å². The van der Waals surface area contributed by atoms with Gasteiger partial charge >= 0.3 is 12.1 Å². The Morgan fingerprint density at radius 1 is 1.03 bits per heavy atom. The number of rotatable bonds is 6. The summed E-state index contributed by atoms with van der Waals surface area (Å²) in [6, 6.07) is 6.86. The maximum absolute atomic E-state index is 13.0. The molecule has 11 heteroatoms. The molecule has 2 N–H and O–H groups in total. The minimum atomic E-state index is -4.53. The van der Waals surface area contributed by atoms with Crippen molar-refractivity contribution in [1.29, 1.82) is 0 Å². The predicted octanol–water partition coefficient (Wildman–Crippen LogP) is 3.41. The molecule has 0 aliphatic carbocycles. The van der Waals surface area contributed by atoms with E-state index in [0.29, 0.717) is 0 Å². The number of halogens is 5. The lowest BCUT2D eigenvalue weighted by molar-refractivity contribution is -0.146. The van der Waals surface area contributed by atoms with Crippen LogP contribution in [0.5, 0.6) is 0 Å². The summed E-state index contributed by atoms with van der Waals surface area (Å²) < 4.78 is 55.1. The van der Waals surface area contributed by atoms with Crippen LogP contribution in [0.25, 0.3) is 0 Å². The molecule has 0 atom stereocenters. The molecule has 2 aromatic rings. The number of alkyl halides is 3. The summed E-state index contributed by atoms with van der Waals surface area (Å²) in [5.41, 5.74) is -0.813. The number of amides is 2. The largest absolute Gasteiger partial charge is 0.454 e. The second-order valence-electron chi connectivity index (χ2n) is 5.60. The summed E-state index contributed by atoms with van der Waals surface area (Å²) in [7, 11) is 0. The SMILES string of the molecule is O=C(COC(=O)CNC(=O)c1ccc(C(F)(F)F)cc1)Nc1ccc(F)c(Cl)c1. The lowest BCUT2D eigenvalue weighted by Crippen LogP contribution is -2.32. The molecular weight excluding hydrogens is 420 g/mol. The molecule has 0 bridgehead atoms. The summed E-state index contributed by atoms with van der Waals surface area (Å²) in [4.78, 5) is 35.1. The minimum absolute atomic E-state index is 0.0864. The molecule has 0 heterocycles. The molecule has 0 aliphatic rings. The third kappa shape index (κ3) is 6.75. The molecule has 0 saturated carbocycles. The number of carbonyl (C=O) groups excluding carboxylic acids is 3. The van der Waals surface area contributed by atoms with Crippen LogP contribution in [0.3, 0.4) is 0 Å². The van der Waals surface area contributed by atoms with Crippen LogP contribution in [0.4, 0.5) is 23.2 Å². The Labute approximate surface area is 166 Å². The average Bonchev–Trinajstić information content (AvgIpc) is 2.66. The van der Waals surface area contributed by atoms with Gasteiger partial charge < -0.3 is 15.4 Å². The summed E-state index contributed by atoms with van der Waals surface area (Å²) in [6.07, 6.45) is -4.53. The van der Waals surface area contributed by atoms with Crippen molar-refractivity contribution in [1.82, 2.24) is 5.32 Å². The van der Waals surface area contributed by atoms with Gasteiger partial charge in [0.25, 0.3) is 11.8 Å². The van der Waals surface area contributed by atoms with Crippen molar-refractivity contribution >= 4 is 35.1 Å². The van der Waals surface area contributed by atoms with E-state index in [9.17, 15) is 31.9 Å². The van der Waals surface area contributed by atoms with Gasteiger partial charge in [0.1, 0.15) is 12.4 Å². The number of nitrogens with one attached hydrogen (secondary N) is 2. The number of esters is 1. The van der Waals surface area contributed by atoms with Crippen LogP contribution in [-0.4, -0.2) is 30.9 Å². The molecule has 0 fully saturated rings. The van der Waals surface area contributed by atoms with Crippen LogP contribution in [0.2, 0.25) is 5.02 Å². The Kier molecular flexibility index (Phi) is 7.16. The summed E-state index contributed by atoms with van der Waals surface area (Å²) >= 11 is 5.57. The van der Waals surface area contributed by atoms with Crippen molar-refractivity contribution in [2.24, 2.45) is 0 Å². The molecule has 0 saturated heterocycles. The maximum Gasteiger partial charge on any atom is 0.416 e. The topological polar surface area (TPSA) is 84.5 Å². The van der Waals surface area contributed by atoms with Gasteiger partial charge in [-0.1, -0.05) is 11.6 Å². The summed E-state index contributed by atoms with van der Waals surface area (Å²) in [5, 5.41) is 4.28. The van der Waals surface area contributed by atoms with E-state index in [2.05, 4.69) is 15.4 Å². The number of hydrogen-bond acceptors (Lipinski definition) is 4. The number of benzene rings is 2. The smallest absolute Gasteiger partial charge is 0.416 e. The molecule has 0 aromatic heterocycles. The second-order valence-corrected chi connectivity index (χ2v) is 6.00.